The lowest BCUT2D eigenvalue weighted by Gasteiger charge is -2.37. The van der Waals surface area contributed by atoms with Crippen LogP contribution in [0.25, 0.3) is 0 Å². The molecule has 1 aliphatic heterocycles. The smallest absolute Gasteiger partial charge is 0.192 e. The van der Waals surface area contributed by atoms with Gasteiger partial charge in [0.05, 0.1) is 18.7 Å². The maximum absolute atomic E-state index is 6.09. The second kappa shape index (κ2) is 6.35. The maximum atomic E-state index is 6.09. The van der Waals surface area contributed by atoms with Gasteiger partial charge in [-0.25, -0.2) is 0 Å². The Bertz CT molecular complexity index is 498. The van der Waals surface area contributed by atoms with Crippen LogP contribution in [0.1, 0.15) is 19.4 Å². The van der Waals surface area contributed by atoms with Gasteiger partial charge >= 0.3 is 0 Å². The highest BCUT2D eigenvalue weighted by molar-refractivity contribution is 5.81. The molecule has 0 aliphatic carbocycles. The molecule has 1 aliphatic rings. The molecular formula is C16H26N4O. The highest BCUT2D eigenvalue weighted by Gasteiger charge is 2.39. The molecule has 5 nitrogen and oxygen atoms in total. The Hall–Kier alpha value is -1.75. The van der Waals surface area contributed by atoms with Gasteiger partial charge in [-0.2, -0.15) is 0 Å². The molecule has 21 heavy (non-hydrogen) atoms. The average Bonchev–Trinajstić information content (AvgIpc) is 2.74. The topological polar surface area (TPSA) is 54.1 Å². The van der Waals surface area contributed by atoms with Crippen LogP contribution in [0.2, 0.25) is 0 Å². The normalized spacial score (nSPS) is 21.8. The molecular weight excluding hydrogens is 264 g/mol. The van der Waals surface area contributed by atoms with Crippen LogP contribution in [0.4, 0.5) is 0 Å². The molecule has 1 heterocycles. The number of hydrogen-bond donors (Lipinski definition) is 1. The zero-order chi connectivity index (χ0) is 15.5. The van der Waals surface area contributed by atoms with E-state index in [9.17, 15) is 0 Å². The molecule has 0 radical (unpaired) electrons. The third-order valence-electron chi connectivity index (χ3n) is 3.98. The Morgan fingerprint density at radius 1 is 1.33 bits per heavy atom. The Morgan fingerprint density at radius 2 is 2.00 bits per heavy atom. The van der Waals surface area contributed by atoms with Crippen molar-refractivity contribution < 1.29 is 4.74 Å². The van der Waals surface area contributed by atoms with Crippen molar-refractivity contribution in [2.45, 2.75) is 19.4 Å². The minimum Gasteiger partial charge on any atom is -0.494 e. The highest BCUT2D eigenvalue weighted by atomic mass is 16.5. The molecule has 0 aromatic heterocycles. The van der Waals surface area contributed by atoms with E-state index in [1.807, 2.05) is 19.1 Å². The summed E-state index contributed by atoms with van der Waals surface area (Å²) in [6.45, 7) is 7.38. The summed E-state index contributed by atoms with van der Waals surface area (Å²) in [6, 6.07) is 8.26. The molecule has 116 valence electrons. The lowest BCUT2D eigenvalue weighted by molar-refractivity contribution is 0.205. The van der Waals surface area contributed by atoms with Crippen molar-refractivity contribution in [1.29, 1.82) is 0 Å². The van der Waals surface area contributed by atoms with E-state index in [1.165, 1.54) is 5.56 Å². The van der Waals surface area contributed by atoms with Crippen molar-refractivity contribution >= 4 is 5.96 Å². The third-order valence-corrected chi connectivity index (χ3v) is 3.98. The van der Waals surface area contributed by atoms with E-state index in [-0.39, 0.29) is 5.54 Å². The summed E-state index contributed by atoms with van der Waals surface area (Å²) in [5, 5.41) is 0. The summed E-state index contributed by atoms with van der Waals surface area (Å²) in [6.07, 6.45) is 0. The zero-order valence-corrected chi connectivity index (χ0v) is 13.5. The predicted octanol–water partition coefficient (Wildman–Crippen LogP) is 1.49. The highest BCUT2D eigenvalue weighted by Crippen LogP contribution is 2.33. The minimum atomic E-state index is -0.176. The minimum absolute atomic E-state index is 0.176. The van der Waals surface area contributed by atoms with Crippen LogP contribution < -0.4 is 10.5 Å². The molecule has 0 saturated heterocycles. The van der Waals surface area contributed by atoms with Gasteiger partial charge < -0.3 is 20.3 Å². The quantitative estimate of drug-likeness (QED) is 0.862. The lowest BCUT2D eigenvalue weighted by Crippen LogP contribution is -2.49. The first-order chi connectivity index (χ1) is 9.97. The SMILES string of the molecule is CCOc1ccc(C2(C)CN=C(N)N2CCN(C)C)cc1. The summed E-state index contributed by atoms with van der Waals surface area (Å²) in [7, 11) is 4.13. The first kappa shape index (κ1) is 15.6. The Morgan fingerprint density at radius 3 is 2.57 bits per heavy atom. The van der Waals surface area contributed by atoms with E-state index in [2.05, 4.69) is 47.9 Å². The number of benzene rings is 1. The van der Waals surface area contributed by atoms with Crippen LogP contribution in [0.15, 0.2) is 29.3 Å². The van der Waals surface area contributed by atoms with Gasteiger partial charge in [-0.05, 0) is 45.6 Å². The van der Waals surface area contributed by atoms with Crippen LogP contribution in [0, 0.1) is 0 Å². The average molecular weight is 290 g/mol. The summed E-state index contributed by atoms with van der Waals surface area (Å²) in [5.74, 6) is 1.53. The summed E-state index contributed by atoms with van der Waals surface area (Å²) >= 11 is 0. The number of guanidine groups is 1. The molecule has 2 rings (SSSR count). The van der Waals surface area contributed by atoms with Crippen molar-refractivity contribution in [2.24, 2.45) is 10.7 Å². The number of ether oxygens (including phenoxy) is 1. The van der Waals surface area contributed by atoms with E-state index in [4.69, 9.17) is 10.5 Å². The molecule has 0 saturated carbocycles. The number of nitrogens with two attached hydrogens (primary N) is 1. The van der Waals surface area contributed by atoms with Gasteiger partial charge in [0.2, 0.25) is 0 Å². The van der Waals surface area contributed by atoms with Gasteiger partial charge in [0.1, 0.15) is 5.75 Å². The number of hydrogen-bond acceptors (Lipinski definition) is 5. The summed E-state index contributed by atoms with van der Waals surface area (Å²) < 4.78 is 5.51. The van der Waals surface area contributed by atoms with Crippen LogP contribution in [-0.2, 0) is 5.54 Å². The molecule has 0 spiro atoms. The van der Waals surface area contributed by atoms with Crippen LogP contribution >= 0.6 is 0 Å². The van der Waals surface area contributed by atoms with E-state index in [1.54, 1.807) is 0 Å². The van der Waals surface area contributed by atoms with E-state index in [0.717, 1.165) is 18.8 Å². The third kappa shape index (κ3) is 3.29. The van der Waals surface area contributed by atoms with Crippen molar-refractivity contribution in [3.8, 4) is 5.75 Å². The largest absolute Gasteiger partial charge is 0.494 e. The molecule has 1 aromatic carbocycles. The molecule has 1 aromatic rings. The second-order valence-corrected chi connectivity index (χ2v) is 5.86. The monoisotopic (exact) mass is 290 g/mol. The standard InChI is InChI=1S/C16H26N4O/c1-5-21-14-8-6-13(7-9-14)16(2)12-18-15(17)20(16)11-10-19(3)4/h6-9H,5,10-12H2,1-4H3,(H2,17,18). The maximum Gasteiger partial charge on any atom is 0.192 e. The fourth-order valence-electron chi connectivity index (χ4n) is 2.64. The Kier molecular flexibility index (Phi) is 4.73. The first-order valence-corrected chi connectivity index (χ1v) is 7.43. The summed E-state index contributed by atoms with van der Waals surface area (Å²) in [4.78, 5) is 8.81. The molecule has 5 heteroatoms. The number of nitrogens with zero attached hydrogens (tertiary/aromatic N) is 3. The Balaban J connectivity index is 2.18. The van der Waals surface area contributed by atoms with Crippen LogP contribution in [0.5, 0.6) is 5.75 Å². The zero-order valence-electron chi connectivity index (χ0n) is 13.5. The van der Waals surface area contributed by atoms with Crippen LogP contribution in [0.3, 0.4) is 0 Å². The van der Waals surface area contributed by atoms with Crippen molar-refractivity contribution in [3.63, 3.8) is 0 Å². The molecule has 1 atom stereocenters. The van der Waals surface area contributed by atoms with Gasteiger partial charge in [-0.1, -0.05) is 12.1 Å². The van der Waals surface area contributed by atoms with Crippen molar-refractivity contribution in [3.05, 3.63) is 29.8 Å². The van der Waals surface area contributed by atoms with Gasteiger partial charge in [-0.3, -0.25) is 4.99 Å². The molecule has 0 bridgehead atoms. The fraction of sp³-hybridized carbons (Fsp3) is 0.562. The Labute approximate surface area is 127 Å². The van der Waals surface area contributed by atoms with E-state index in [0.29, 0.717) is 19.1 Å². The second-order valence-electron chi connectivity index (χ2n) is 5.86. The predicted molar refractivity (Wildman–Crippen MR) is 86.7 cm³/mol. The molecule has 0 amide bonds. The molecule has 1 unspecified atom stereocenters. The van der Waals surface area contributed by atoms with Crippen molar-refractivity contribution in [1.82, 2.24) is 9.80 Å². The molecule has 2 N–H and O–H groups in total. The van der Waals surface area contributed by atoms with Gasteiger partial charge in [0, 0.05) is 13.1 Å². The lowest BCUT2D eigenvalue weighted by atomic mass is 9.91. The van der Waals surface area contributed by atoms with Gasteiger partial charge in [0.25, 0.3) is 0 Å². The fourth-order valence-corrected chi connectivity index (χ4v) is 2.64. The number of likely N-dealkylation sites (N-methyl/N-ethyl adjacent to an activating group) is 1. The van der Waals surface area contributed by atoms with Crippen molar-refractivity contribution in [2.75, 3.05) is 40.3 Å². The summed E-state index contributed by atoms with van der Waals surface area (Å²) in [5.41, 5.74) is 7.13. The number of aliphatic imine (C=N–C) groups is 1. The van der Waals surface area contributed by atoms with Gasteiger partial charge in [-0.15, -0.1) is 0 Å². The number of rotatable bonds is 6. The van der Waals surface area contributed by atoms with E-state index >= 15 is 0 Å². The molecule has 0 fully saturated rings. The first-order valence-electron chi connectivity index (χ1n) is 7.43. The van der Waals surface area contributed by atoms with E-state index < -0.39 is 0 Å². The van der Waals surface area contributed by atoms with Crippen LogP contribution in [-0.4, -0.2) is 56.1 Å². The van der Waals surface area contributed by atoms with Gasteiger partial charge in [0.15, 0.2) is 5.96 Å².